The number of rotatable bonds is 6. The molecule has 1 atom stereocenters. The van der Waals surface area contributed by atoms with E-state index in [0.29, 0.717) is 12.1 Å². The summed E-state index contributed by atoms with van der Waals surface area (Å²) in [7, 11) is 0. The number of aliphatic hydroxyl groups is 1. The summed E-state index contributed by atoms with van der Waals surface area (Å²) in [4.78, 5) is 11.9. The minimum absolute atomic E-state index is 0.178. The Labute approximate surface area is 128 Å². The van der Waals surface area contributed by atoms with Gasteiger partial charge in [0.25, 0.3) is 0 Å². The summed E-state index contributed by atoms with van der Waals surface area (Å²) in [6.07, 6.45) is 3.77. The van der Waals surface area contributed by atoms with Gasteiger partial charge in [0, 0.05) is 12.7 Å². The van der Waals surface area contributed by atoms with Crippen LogP contribution < -0.4 is 10.6 Å². The molecular formula is C15H20N4O3. The summed E-state index contributed by atoms with van der Waals surface area (Å²) in [5, 5.41) is 28.1. The fourth-order valence-corrected chi connectivity index (χ4v) is 2.03. The second kappa shape index (κ2) is 7.46. The Kier molecular flexibility index (Phi) is 5.37. The molecule has 0 bridgehead atoms. The largest absolute Gasteiger partial charge is 0.508 e. The molecule has 1 heterocycles. The molecule has 2 aromatic rings. The Hall–Kier alpha value is -2.54. The number of carbonyl (C=O) groups is 1. The molecule has 0 fully saturated rings. The average Bonchev–Trinajstić information content (AvgIpc) is 2.96. The summed E-state index contributed by atoms with van der Waals surface area (Å²) >= 11 is 0. The van der Waals surface area contributed by atoms with Crippen LogP contribution in [0.4, 0.5) is 10.5 Å². The number of nitrogens with zero attached hydrogens (tertiary/aromatic N) is 2. The molecule has 1 aromatic carbocycles. The van der Waals surface area contributed by atoms with E-state index in [1.165, 1.54) is 0 Å². The van der Waals surface area contributed by atoms with Crippen molar-refractivity contribution in [3.8, 4) is 5.75 Å². The van der Waals surface area contributed by atoms with E-state index in [1.54, 1.807) is 41.3 Å². The van der Waals surface area contributed by atoms with Crippen molar-refractivity contribution >= 4 is 11.7 Å². The summed E-state index contributed by atoms with van der Waals surface area (Å²) in [6, 6.07) is 5.84. The Morgan fingerprint density at radius 1 is 1.36 bits per heavy atom. The lowest BCUT2D eigenvalue weighted by Gasteiger charge is -2.16. The number of aromatic nitrogens is 2. The van der Waals surface area contributed by atoms with E-state index in [0.717, 1.165) is 12.1 Å². The van der Waals surface area contributed by atoms with Gasteiger partial charge >= 0.3 is 6.03 Å². The van der Waals surface area contributed by atoms with E-state index >= 15 is 0 Å². The number of nitrogens with one attached hydrogen (secondary N) is 2. The number of phenols is 1. The van der Waals surface area contributed by atoms with Crippen LogP contribution in [0.1, 0.15) is 12.5 Å². The van der Waals surface area contributed by atoms with Crippen LogP contribution in [0.2, 0.25) is 0 Å². The number of aryl methyl sites for hydroxylation is 1. The zero-order valence-corrected chi connectivity index (χ0v) is 12.4. The Morgan fingerprint density at radius 3 is 2.68 bits per heavy atom. The summed E-state index contributed by atoms with van der Waals surface area (Å²) < 4.78 is 1.70. The Balaban J connectivity index is 1.88. The molecule has 0 spiro atoms. The van der Waals surface area contributed by atoms with E-state index < -0.39 is 12.1 Å². The lowest BCUT2D eigenvalue weighted by molar-refractivity contribution is 0.224. The average molecular weight is 304 g/mol. The molecule has 1 unspecified atom stereocenters. The zero-order valence-electron chi connectivity index (χ0n) is 12.4. The van der Waals surface area contributed by atoms with Crippen molar-refractivity contribution in [2.45, 2.75) is 25.9 Å². The smallest absolute Gasteiger partial charge is 0.319 e. The maximum Gasteiger partial charge on any atom is 0.319 e. The predicted molar refractivity (Wildman–Crippen MR) is 82.7 cm³/mol. The maximum atomic E-state index is 11.9. The molecule has 0 saturated carbocycles. The quantitative estimate of drug-likeness (QED) is 0.647. The minimum atomic E-state index is -0.411. The van der Waals surface area contributed by atoms with Crippen molar-refractivity contribution in [1.29, 1.82) is 0 Å². The number of urea groups is 1. The number of amides is 2. The van der Waals surface area contributed by atoms with Crippen molar-refractivity contribution in [3.63, 3.8) is 0 Å². The van der Waals surface area contributed by atoms with Crippen molar-refractivity contribution in [2.24, 2.45) is 0 Å². The molecule has 0 aliphatic rings. The first-order valence-corrected chi connectivity index (χ1v) is 7.09. The SMILES string of the molecule is CCn1cc(NC(=O)NC(CO)Cc2ccc(O)cc2)cn1. The number of aliphatic hydroxyl groups excluding tert-OH is 1. The summed E-state index contributed by atoms with van der Waals surface area (Å²) in [5.74, 6) is 0.183. The minimum Gasteiger partial charge on any atom is -0.508 e. The van der Waals surface area contributed by atoms with Crippen LogP contribution in [-0.4, -0.2) is 38.7 Å². The molecule has 1 aromatic heterocycles. The number of aromatic hydroxyl groups is 1. The number of anilines is 1. The van der Waals surface area contributed by atoms with Gasteiger partial charge in [-0.25, -0.2) is 4.79 Å². The number of benzene rings is 1. The fraction of sp³-hybridized carbons (Fsp3) is 0.333. The number of hydrogen-bond donors (Lipinski definition) is 4. The van der Waals surface area contributed by atoms with Crippen LogP contribution in [0.5, 0.6) is 5.75 Å². The van der Waals surface area contributed by atoms with Crippen LogP contribution in [0.25, 0.3) is 0 Å². The molecule has 0 radical (unpaired) electrons. The van der Waals surface area contributed by atoms with Crippen LogP contribution >= 0.6 is 0 Å². The van der Waals surface area contributed by atoms with Crippen molar-refractivity contribution in [1.82, 2.24) is 15.1 Å². The van der Waals surface area contributed by atoms with E-state index in [9.17, 15) is 15.0 Å². The fourth-order valence-electron chi connectivity index (χ4n) is 2.03. The highest BCUT2D eigenvalue weighted by Gasteiger charge is 2.13. The highest BCUT2D eigenvalue weighted by molar-refractivity contribution is 5.89. The summed E-state index contributed by atoms with van der Waals surface area (Å²) in [6.45, 7) is 2.50. The lowest BCUT2D eigenvalue weighted by Crippen LogP contribution is -2.41. The predicted octanol–water partition coefficient (Wildman–Crippen LogP) is 1.33. The third-order valence-corrected chi connectivity index (χ3v) is 3.19. The number of phenolic OH excluding ortho intramolecular Hbond substituents is 1. The van der Waals surface area contributed by atoms with E-state index in [-0.39, 0.29) is 12.4 Å². The molecule has 0 saturated heterocycles. The molecule has 22 heavy (non-hydrogen) atoms. The van der Waals surface area contributed by atoms with Gasteiger partial charge in [-0.05, 0) is 31.0 Å². The van der Waals surface area contributed by atoms with Crippen LogP contribution in [0.3, 0.4) is 0 Å². The number of carbonyl (C=O) groups excluding carboxylic acids is 1. The molecule has 0 aliphatic heterocycles. The Bertz CT molecular complexity index is 610. The standard InChI is InChI=1S/C15H20N4O3/c1-2-19-9-13(8-16-19)18-15(22)17-12(10-20)7-11-3-5-14(21)6-4-11/h3-6,8-9,12,20-21H,2,7,10H2,1H3,(H2,17,18,22). The third-order valence-electron chi connectivity index (χ3n) is 3.19. The molecule has 118 valence electrons. The van der Waals surface area contributed by atoms with E-state index in [4.69, 9.17) is 0 Å². The first-order valence-electron chi connectivity index (χ1n) is 7.09. The summed E-state index contributed by atoms with van der Waals surface area (Å²) in [5.41, 5.74) is 1.51. The van der Waals surface area contributed by atoms with Crippen molar-refractivity contribution in [3.05, 3.63) is 42.2 Å². The second-order valence-electron chi connectivity index (χ2n) is 4.93. The van der Waals surface area contributed by atoms with E-state index in [2.05, 4.69) is 15.7 Å². The maximum absolute atomic E-state index is 11.9. The lowest BCUT2D eigenvalue weighted by atomic mass is 10.1. The monoisotopic (exact) mass is 304 g/mol. The van der Waals surface area contributed by atoms with Gasteiger partial charge in [0.15, 0.2) is 0 Å². The molecule has 0 aliphatic carbocycles. The highest BCUT2D eigenvalue weighted by Crippen LogP contribution is 2.11. The number of hydrogen-bond acceptors (Lipinski definition) is 4. The van der Waals surface area contributed by atoms with E-state index in [1.807, 2.05) is 6.92 Å². The highest BCUT2D eigenvalue weighted by atomic mass is 16.3. The zero-order chi connectivity index (χ0) is 15.9. The van der Waals surface area contributed by atoms with Gasteiger partial charge in [0.1, 0.15) is 5.75 Å². The van der Waals surface area contributed by atoms with Gasteiger partial charge in [-0.15, -0.1) is 0 Å². The van der Waals surface area contributed by atoms with Crippen molar-refractivity contribution in [2.75, 3.05) is 11.9 Å². The molecule has 4 N–H and O–H groups in total. The normalized spacial score (nSPS) is 11.9. The first-order chi connectivity index (χ1) is 10.6. The van der Waals surface area contributed by atoms with Crippen LogP contribution in [0.15, 0.2) is 36.7 Å². The molecule has 7 nitrogen and oxygen atoms in total. The van der Waals surface area contributed by atoms with Gasteiger partial charge < -0.3 is 20.8 Å². The first kappa shape index (κ1) is 15.8. The topological polar surface area (TPSA) is 99.4 Å². The second-order valence-corrected chi connectivity index (χ2v) is 4.93. The van der Waals surface area contributed by atoms with Crippen molar-refractivity contribution < 1.29 is 15.0 Å². The Morgan fingerprint density at radius 2 is 2.09 bits per heavy atom. The van der Waals surface area contributed by atoms with Crippen LogP contribution in [0, 0.1) is 0 Å². The van der Waals surface area contributed by atoms with Gasteiger partial charge in [-0.2, -0.15) is 5.10 Å². The van der Waals surface area contributed by atoms with Gasteiger partial charge in [0.05, 0.1) is 24.5 Å². The molecule has 2 rings (SSSR count). The molecule has 7 heteroatoms. The van der Waals surface area contributed by atoms with Gasteiger partial charge in [0.2, 0.25) is 0 Å². The molecule has 2 amide bonds. The third kappa shape index (κ3) is 4.49. The van der Waals surface area contributed by atoms with Crippen LogP contribution in [-0.2, 0) is 13.0 Å². The van der Waals surface area contributed by atoms with Gasteiger partial charge in [-0.1, -0.05) is 12.1 Å². The van der Waals surface area contributed by atoms with Gasteiger partial charge in [-0.3, -0.25) is 4.68 Å². The molecular weight excluding hydrogens is 284 g/mol.